The van der Waals surface area contributed by atoms with Crippen LogP contribution >= 0.6 is 0 Å². The van der Waals surface area contributed by atoms with Crippen LogP contribution in [-0.4, -0.2) is 23.3 Å². The van der Waals surface area contributed by atoms with E-state index in [0.717, 1.165) is 24.9 Å². The van der Waals surface area contributed by atoms with Gasteiger partial charge >= 0.3 is 0 Å². The van der Waals surface area contributed by atoms with Crippen LogP contribution in [0.2, 0.25) is 0 Å². The second kappa shape index (κ2) is 5.38. The van der Waals surface area contributed by atoms with Crippen molar-refractivity contribution in [3.05, 3.63) is 33.9 Å². The van der Waals surface area contributed by atoms with Gasteiger partial charge in [0.1, 0.15) is 0 Å². The number of nitro groups is 1. The predicted octanol–water partition coefficient (Wildman–Crippen LogP) is 3.17. The van der Waals surface area contributed by atoms with Crippen LogP contribution in [-0.2, 0) is 0 Å². The first-order chi connectivity index (χ1) is 9.08. The maximum atomic E-state index is 11.0. The molecule has 2 atom stereocenters. The third-order valence-electron chi connectivity index (χ3n) is 3.89. The molecule has 5 heteroatoms. The van der Waals surface area contributed by atoms with E-state index < -0.39 is 4.92 Å². The Morgan fingerprint density at radius 2 is 2.21 bits per heavy atom. The average molecular weight is 262 g/mol. The number of rotatable bonds is 4. The molecule has 102 valence electrons. The van der Waals surface area contributed by atoms with Crippen molar-refractivity contribution in [3.63, 3.8) is 0 Å². The van der Waals surface area contributed by atoms with E-state index in [2.05, 4.69) is 18.7 Å². The Hall–Kier alpha value is -1.91. The zero-order chi connectivity index (χ0) is 14.0. The van der Waals surface area contributed by atoms with Crippen LogP contribution in [0.3, 0.4) is 0 Å². The van der Waals surface area contributed by atoms with Gasteiger partial charge < -0.3 is 4.90 Å². The van der Waals surface area contributed by atoms with Gasteiger partial charge in [-0.15, -0.1) is 0 Å². The Balaban J connectivity index is 2.40. The summed E-state index contributed by atoms with van der Waals surface area (Å²) in [6.07, 6.45) is 3.85. The number of benzene rings is 1. The summed E-state index contributed by atoms with van der Waals surface area (Å²) < 4.78 is 0. The van der Waals surface area contributed by atoms with E-state index in [9.17, 15) is 14.9 Å². The molecule has 2 rings (SSSR count). The normalized spacial score (nSPS) is 22.5. The van der Waals surface area contributed by atoms with E-state index in [1.165, 1.54) is 6.07 Å². The van der Waals surface area contributed by atoms with Crippen molar-refractivity contribution in [3.8, 4) is 0 Å². The van der Waals surface area contributed by atoms with Crippen LogP contribution in [0.1, 0.15) is 43.5 Å². The first-order valence-corrected chi connectivity index (χ1v) is 6.60. The number of hydrogen-bond donors (Lipinski definition) is 0. The smallest absolute Gasteiger partial charge is 0.280 e. The van der Waals surface area contributed by atoms with Gasteiger partial charge in [-0.2, -0.15) is 0 Å². The first-order valence-electron chi connectivity index (χ1n) is 6.60. The number of nitrogens with zero attached hydrogens (tertiary/aromatic N) is 2. The lowest BCUT2D eigenvalue weighted by atomic mass is 10.1. The number of hydrogen-bond acceptors (Lipinski definition) is 4. The van der Waals surface area contributed by atoms with Gasteiger partial charge in [0.2, 0.25) is 0 Å². The number of carbonyl (C=O) groups excluding carboxylic acids is 1. The minimum atomic E-state index is -0.516. The minimum absolute atomic E-state index is 0.126. The first kappa shape index (κ1) is 13.5. The maximum absolute atomic E-state index is 11.0. The molecule has 0 saturated carbocycles. The lowest BCUT2D eigenvalue weighted by Crippen LogP contribution is -2.34. The summed E-state index contributed by atoms with van der Waals surface area (Å²) in [4.78, 5) is 23.6. The van der Waals surface area contributed by atoms with Crippen molar-refractivity contribution in [2.75, 3.05) is 4.90 Å². The summed E-state index contributed by atoms with van der Waals surface area (Å²) in [6, 6.07) is 5.67. The quantitative estimate of drug-likeness (QED) is 0.475. The van der Waals surface area contributed by atoms with Crippen molar-refractivity contribution < 1.29 is 9.72 Å². The largest absolute Gasteiger partial charge is 0.366 e. The van der Waals surface area contributed by atoms with Crippen molar-refractivity contribution in [2.45, 2.75) is 45.2 Å². The van der Waals surface area contributed by atoms with Crippen LogP contribution in [0.4, 0.5) is 11.4 Å². The highest BCUT2D eigenvalue weighted by Gasteiger charge is 2.30. The molecule has 0 aromatic heterocycles. The maximum Gasteiger partial charge on any atom is 0.280 e. The van der Waals surface area contributed by atoms with Crippen LogP contribution in [0.15, 0.2) is 18.2 Å². The van der Waals surface area contributed by atoms with Crippen LogP contribution < -0.4 is 4.90 Å². The standard InChI is InChI=1S/C14H18N2O3/c1-3-12-5-4-10(2)15(12)13-6-7-14(16(18)19)11(8-13)9-17/h6-10,12H,3-5H2,1-2H3. The van der Waals surface area contributed by atoms with Gasteiger partial charge in [0.25, 0.3) is 5.69 Å². The van der Waals surface area contributed by atoms with Gasteiger partial charge in [-0.05, 0) is 38.3 Å². The summed E-state index contributed by atoms with van der Waals surface area (Å²) in [6.45, 7) is 4.29. The fourth-order valence-corrected chi connectivity index (χ4v) is 2.90. The molecule has 5 nitrogen and oxygen atoms in total. The fourth-order valence-electron chi connectivity index (χ4n) is 2.90. The SMILES string of the molecule is CCC1CCC(C)N1c1ccc([N+](=O)[O-])c(C=O)c1. The molecule has 1 heterocycles. The average Bonchev–Trinajstić information content (AvgIpc) is 2.78. The topological polar surface area (TPSA) is 63.4 Å². The molecule has 1 aliphatic rings. The molecule has 1 aliphatic heterocycles. The van der Waals surface area contributed by atoms with Crippen LogP contribution in [0, 0.1) is 10.1 Å². The van der Waals surface area contributed by atoms with Crippen molar-refractivity contribution >= 4 is 17.7 Å². The Morgan fingerprint density at radius 1 is 1.47 bits per heavy atom. The van der Waals surface area contributed by atoms with Gasteiger partial charge in [-0.1, -0.05) is 6.92 Å². The van der Waals surface area contributed by atoms with E-state index in [-0.39, 0.29) is 11.3 Å². The van der Waals surface area contributed by atoms with E-state index in [1.807, 2.05) is 0 Å². The molecule has 19 heavy (non-hydrogen) atoms. The molecule has 0 aliphatic carbocycles. The minimum Gasteiger partial charge on any atom is -0.366 e. The highest BCUT2D eigenvalue weighted by atomic mass is 16.6. The molecule has 1 fully saturated rings. The summed E-state index contributed by atoms with van der Waals surface area (Å²) in [5.41, 5.74) is 0.930. The molecular weight excluding hydrogens is 244 g/mol. The number of aldehydes is 1. The van der Waals surface area contributed by atoms with Gasteiger partial charge in [0.15, 0.2) is 6.29 Å². The Kier molecular flexibility index (Phi) is 3.83. The monoisotopic (exact) mass is 262 g/mol. The summed E-state index contributed by atoms with van der Waals surface area (Å²) in [7, 11) is 0. The Labute approximate surface area is 112 Å². The lowest BCUT2D eigenvalue weighted by molar-refractivity contribution is -0.385. The second-order valence-corrected chi connectivity index (χ2v) is 5.01. The zero-order valence-electron chi connectivity index (χ0n) is 11.2. The fraction of sp³-hybridized carbons (Fsp3) is 0.500. The van der Waals surface area contributed by atoms with Crippen molar-refractivity contribution in [1.29, 1.82) is 0 Å². The highest BCUT2D eigenvalue weighted by Crippen LogP contribution is 2.33. The summed E-state index contributed by atoms with van der Waals surface area (Å²) in [5, 5.41) is 10.8. The molecule has 0 radical (unpaired) electrons. The van der Waals surface area contributed by atoms with Crippen molar-refractivity contribution in [1.82, 2.24) is 0 Å². The molecule has 0 N–H and O–H groups in total. The Morgan fingerprint density at radius 3 is 2.79 bits per heavy atom. The number of anilines is 1. The van der Waals surface area contributed by atoms with Gasteiger partial charge in [0.05, 0.1) is 10.5 Å². The van der Waals surface area contributed by atoms with Crippen LogP contribution in [0.25, 0.3) is 0 Å². The molecule has 0 spiro atoms. The third kappa shape index (κ3) is 2.45. The molecule has 0 bridgehead atoms. The summed E-state index contributed by atoms with van der Waals surface area (Å²) >= 11 is 0. The van der Waals surface area contributed by atoms with Gasteiger partial charge in [-0.25, -0.2) is 0 Å². The van der Waals surface area contributed by atoms with Gasteiger partial charge in [0, 0.05) is 23.8 Å². The lowest BCUT2D eigenvalue weighted by Gasteiger charge is -2.30. The molecule has 0 amide bonds. The predicted molar refractivity (Wildman–Crippen MR) is 73.7 cm³/mol. The van der Waals surface area contributed by atoms with Crippen LogP contribution in [0.5, 0.6) is 0 Å². The molecule has 2 unspecified atom stereocenters. The molecule has 1 aromatic rings. The summed E-state index contributed by atoms with van der Waals surface area (Å²) in [5.74, 6) is 0. The Bertz CT molecular complexity index is 501. The molecule has 1 saturated heterocycles. The van der Waals surface area contributed by atoms with E-state index in [4.69, 9.17) is 0 Å². The van der Waals surface area contributed by atoms with Gasteiger partial charge in [-0.3, -0.25) is 14.9 Å². The number of carbonyl (C=O) groups is 1. The van der Waals surface area contributed by atoms with Crippen molar-refractivity contribution in [2.24, 2.45) is 0 Å². The molecular formula is C14H18N2O3. The van der Waals surface area contributed by atoms with E-state index >= 15 is 0 Å². The molecule has 1 aromatic carbocycles. The second-order valence-electron chi connectivity index (χ2n) is 5.01. The third-order valence-corrected chi connectivity index (χ3v) is 3.89. The number of nitro benzene ring substituents is 1. The zero-order valence-corrected chi connectivity index (χ0v) is 11.2. The van der Waals surface area contributed by atoms with E-state index in [0.29, 0.717) is 18.4 Å². The van der Waals surface area contributed by atoms with E-state index in [1.54, 1.807) is 12.1 Å². The highest BCUT2D eigenvalue weighted by molar-refractivity contribution is 5.83.